The molecule has 136 valence electrons. The van der Waals surface area contributed by atoms with Crippen LogP contribution in [0, 0.1) is 0 Å². The SMILES string of the molecule is C[C@H](CCc1ccccc1)NC(=S)Nc1cccc(N2CCCC2=O)c1. The number of hydrogen-bond donors (Lipinski definition) is 2. The average Bonchev–Trinajstić information content (AvgIpc) is 3.07. The molecule has 4 nitrogen and oxygen atoms in total. The van der Waals surface area contributed by atoms with Crippen molar-refractivity contribution in [3.63, 3.8) is 0 Å². The second kappa shape index (κ2) is 8.81. The monoisotopic (exact) mass is 367 g/mol. The van der Waals surface area contributed by atoms with E-state index in [4.69, 9.17) is 12.2 Å². The van der Waals surface area contributed by atoms with Crippen molar-refractivity contribution < 1.29 is 4.79 Å². The number of hydrogen-bond acceptors (Lipinski definition) is 2. The maximum Gasteiger partial charge on any atom is 0.227 e. The van der Waals surface area contributed by atoms with Crippen LogP contribution in [-0.4, -0.2) is 23.6 Å². The van der Waals surface area contributed by atoms with E-state index in [1.165, 1.54) is 5.56 Å². The number of nitrogens with one attached hydrogen (secondary N) is 2. The van der Waals surface area contributed by atoms with Gasteiger partial charge in [0.1, 0.15) is 0 Å². The minimum atomic E-state index is 0.192. The first-order chi connectivity index (χ1) is 12.6. The van der Waals surface area contributed by atoms with Crippen molar-refractivity contribution in [2.75, 3.05) is 16.8 Å². The van der Waals surface area contributed by atoms with Crippen molar-refractivity contribution in [1.29, 1.82) is 0 Å². The van der Waals surface area contributed by atoms with Crippen molar-refractivity contribution in [3.05, 3.63) is 60.2 Å². The Balaban J connectivity index is 1.50. The summed E-state index contributed by atoms with van der Waals surface area (Å²) >= 11 is 5.44. The third-order valence-electron chi connectivity index (χ3n) is 4.58. The quantitative estimate of drug-likeness (QED) is 0.754. The van der Waals surface area contributed by atoms with E-state index in [-0.39, 0.29) is 11.9 Å². The van der Waals surface area contributed by atoms with Gasteiger partial charge in [0.2, 0.25) is 5.91 Å². The van der Waals surface area contributed by atoms with Gasteiger partial charge in [0.05, 0.1) is 0 Å². The van der Waals surface area contributed by atoms with Crippen LogP contribution in [0.5, 0.6) is 0 Å². The Bertz CT molecular complexity index is 763. The van der Waals surface area contributed by atoms with Gasteiger partial charge < -0.3 is 15.5 Å². The number of amides is 1. The first-order valence-corrected chi connectivity index (χ1v) is 9.54. The summed E-state index contributed by atoms with van der Waals surface area (Å²) in [6.07, 6.45) is 3.59. The van der Waals surface area contributed by atoms with Gasteiger partial charge in [0.25, 0.3) is 0 Å². The highest BCUT2D eigenvalue weighted by molar-refractivity contribution is 7.80. The molecule has 5 heteroatoms. The molecule has 1 fully saturated rings. The fourth-order valence-electron chi connectivity index (χ4n) is 3.16. The van der Waals surface area contributed by atoms with E-state index in [0.717, 1.165) is 37.2 Å². The molecule has 0 aliphatic carbocycles. The molecule has 1 heterocycles. The highest BCUT2D eigenvalue weighted by Crippen LogP contribution is 2.24. The summed E-state index contributed by atoms with van der Waals surface area (Å²) < 4.78 is 0. The summed E-state index contributed by atoms with van der Waals surface area (Å²) in [6.45, 7) is 2.93. The van der Waals surface area contributed by atoms with Gasteiger partial charge in [0.15, 0.2) is 5.11 Å². The maximum absolute atomic E-state index is 11.9. The van der Waals surface area contributed by atoms with Crippen LogP contribution < -0.4 is 15.5 Å². The number of nitrogens with zero attached hydrogens (tertiary/aromatic N) is 1. The maximum atomic E-state index is 11.9. The average molecular weight is 368 g/mol. The largest absolute Gasteiger partial charge is 0.360 e. The summed E-state index contributed by atoms with van der Waals surface area (Å²) in [7, 11) is 0. The lowest BCUT2D eigenvalue weighted by Gasteiger charge is -2.19. The van der Waals surface area contributed by atoms with Gasteiger partial charge in [-0.15, -0.1) is 0 Å². The summed E-state index contributed by atoms with van der Waals surface area (Å²) in [5, 5.41) is 7.18. The van der Waals surface area contributed by atoms with Crippen LogP contribution in [0.4, 0.5) is 11.4 Å². The lowest BCUT2D eigenvalue weighted by atomic mass is 10.1. The molecule has 3 rings (SSSR count). The van der Waals surface area contributed by atoms with Gasteiger partial charge in [-0.25, -0.2) is 0 Å². The fraction of sp³-hybridized carbons (Fsp3) is 0.333. The second-order valence-electron chi connectivity index (χ2n) is 6.72. The van der Waals surface area contributed by atoms with Gasteiger partial charge in [-0.3, -0.25) is 4.79 Å². The van der Waals surface area contributed by atoms with Crippen LogP contribution in [0.3, 0.4) is 0 Å². The molecule has 1 aliphatic heterocycles. The smallest absolute Gasteiger partial charge is 0.227 e. The minimum absolute atomic E-state index is 0.192. The van der Waals surface area contributed by atoms with Gasteiger partial charge >= 0.3 is 0 Å². The Kier molecular flexibility index (Phi) is 6.23. The van der Waals surface area contributed by atoms with E-state index >= 15 is 0 Å². The molecule has 0 unspecified atom stereocenters. The zero-order chi connectivity index (χ0) is 18.4. The van der Waals surface area contributed by atoms with E-state index in [1.54, 1.807) is 0 Å². The third-order valence-corrected chi connectivity index (χ3v) is 4.80. The Morgan fingerprint density at radius 1 is 1.19 bits per heavy atom. The lowest BCUT2D eigenvalue weighted by Crippen LogP contribution is -2.36. The Morgan fingerprint density at radius 3 is 2.73 bits per heavy atom. The van der Waals surface area contributed by atoms with Crippen LogP contribution in [0.25, 0.3) is 0 Å². The van der Waals surface area contributed by atoms with Crippen molar-refractivity contribution in [3.8, 4) is 0 Å². The molecule has 1 aliphatic rings. The first-order valence-electron chi connectivity index (χ1n) is 9.14. The van der Waals surface area contributed by atoms with Crippen LogP contribution in [0.1, 0.15) is 31.7 Å². The minimum Gasteiger partial charge on any atom is -0.360 e. The number of thiocarbonyl (C=S) groups is 1. The molecule has 1 saturated heterocycles. The first kappa shape index (κ1) is 18.4. The number of carbonyl (C=O) groups excluding carboxylic acids is 1. The number of carbonyl (C=O) groups is 1. The molecule has 2 aromatic rings. The highest BCUT2D eigenvalue weighted by atomic mass is 32.1. The Hall–Kier alpha value is -2.40. The molecule has 0 saturated carbocycles. The normalized spacial score (nSPS) is 15.0. The molecular formula is C21H25N3OS. The van der Waals surface area contributed by atoms with E-state index in [1.807, 2.05) is 35.2 Å². The van der Waals surface area contributed by atoms with E-state index in [2.05, 4.69) is 41.8 Å². The predicted molar refractivity (Wildman–Crippen MR) is 112 cm³/mol. The van der Waals surface area contributed by atoms with Crippen molar-refractivity contribution >= 4 is 34.6 Å². The van der Waals surface area contributed by atoms with E-state index in [0.29, 0.717) is 11.5 Å². The van der Waals surface area contributed by atoms with Crippen molar-refractivity contribution in [2.45, 2.75) is 38.6 Å². The van der Waals surface area contributed by atoms with E-state index in [9.17, 15) is 4.79 Å². The van der Waals surface area contributed by atoms with Crippen LogP contribution in [0.15, 0.2) is 54.6 Å². The topological polar surface area (TPSA) is 44.4 Å². The fourth-order valence-corrected chi connectivity index (χ4v) is 3.48. The molecule has 2 aromatic carbocycles. The van der Waals surface area contributed by atoms with Crippen LogP contribution in [-0.2, 0) is 11.2 Å². The van der Waals surface area contributed by atoms with Gasteiger partial charge in [-0.1, -0.05) is 36.4 Å². The van der Waals surface area contributed by atoms with E-state index < -0.39 is 0 Å². The Morgan fingerprint density at radius 2 is 2.00 bits per heavy atom. The van der Waals surface area contributed by atoms with Crippen molar-refractivity contribution in [1.82, 2.24) is 5.32 Å². The Labute approximate surface area is 160 Å². The predicted octanol–water partition coefficient (Wildman–Crippen LogP) is 4.12. The summed E-state index contributed by atoms with van der Waals surface area (Å²) in [5.41, 5.74) is 3.16. The number of benzene rings is 2. The molecule has 0 bridgehead atoms. The molecule has 1 amide bonds. The number of anilines is 2. The molecule has 0 spiro atoms. The third kappa shape index (κ3) is 5.05. The molecule has 0 radical (unpaired) electrons. The zero-order valence-corrected chi connectivity index (χ0v) is 15.9. The van der Waals surface area contributed by atoms with Gasteiger partial charge in [0, 0.05) is 30.4 Å². The molecular weight excluding hydrogens is 342 g/mol. The van der Waals surface area contributed by atoms with Crippen molar-refractivity contribution in [2.24, 2.45) is 0 Å². The summed E-state index contributed by atoms with van der Waals surface area (Å²) in [5.74, 6) is 0.192. The molecule has 1 atom stereocenters. The van der Waals surface area contributed by atoms with Crippen LogP contribution >= 0.6 is 12.2 Å². The summed E-state index contributed by atoms with van der Waals surface area (Å²) in [6, 6.07) is 18.6. The molecule has 26 heavy (non-hydrogen) atoms. The molecule has 2 N–H and O–H groups in total. The highest BCUT2D eigenvalue weighted by Gasteiger charge is 2.21. The zero-order valence-electron chi connectivity index (χ0n) is 15.1. The summed E-state index contributed by atoms with van der Waals surface area (Å²) in [4.78, 5) is 13.7. The lowest BCUT2D eigenvalue weighted by molar-refractivity contribution is -0.117. The van der Waals surface area contributed by atoms with Crippen LogP contribution in [0.2, 0.25) is 0 Å². The number of rotatable bonds is 6. The molecule has 0 aromatic heterocycles. The standard InChI is InChI=1S/C21H25N3OS/c1-16(12-13-17-7-3-2-4-8-17)22-21(26)23-18-9-5-10-19(15-18)24-14-6-11-20(24)25/h2-5,7-10,15-16H,6,11-14H2,1H3,(H2,22,23,26)/t16-/m1/s1. The number of aryl methyl sites for hydroxylation is 1. The van der Waals surface area contributed by atoms with Gasteiger partial charge in [-0.2, -0.15) is 0 Å². The second-order valence-corrected chi connectivity index (χ2v) is 7.13. The van der Waals surface area contributed by atoms with Gasteiger partial charge in [-0.05, 0) is 62.2 Å².